The zero-order chi connectivity index (χ0) is 15.4. The zero-order valence-electron chi connectivity index (χ0n) is 11.8. The summed E-state index contributed by atoms with van der Waals surface area (Å²) in [6.07, 6.45) is 1.27. The van der Waals surface area contributed by atoms with E-state index in [0.29, 0.717) is 41.8 Å². The predicted molar refractivity (Wildman–Crippen MR) is 77.3 cm³/mol. The van der Waals surface area contributed by atoms with Crippen LogP contribution in [0.5, 0.6) is 0 Å². The number of aliphatic carboxylic acids is 1. The Kier molecular flexibility index (Phi) is 4.52. The van der Waals surface area contributed by atoms with Gasteiger partial charge in [0.1, 0.15) is 0 Å². The number of carboxylic acid groups (broad SMARTS) is 1. The van der Waals surface area contributed by atoms with Gasteiger partial charge in [0, 0.05) is 29.7 Å². The molecule has 1 aromatic carbocycles. The molecule has 5 heteroatoms. The first kappa shape index (κ1) is 15.0. The normalized spacial score (nSPS) is 14.1. The number of allylic oxidation sites excluding steroid dienone is 2. The van der Waals surface area contributed by atoms with Crippen LogP contribution in [0.25, 0.3) is 0 Å². The van der Waals surface area contributed by atoms with Crippen LogP contribution in [0.2, 0.25) is 0 Å². The fraction of sp³-hybridized carbons (Fsp3) is 0.312. The van der Waals surface area contributed by atoms with Crippen molar-refractivity contribution in [3.63, 3.8) is 0 Å². The molecule has 1 aromatic rings. The SMILES string of the molecule is CC1=C(NCCCCC(=O)O)C(=O)c2ccccc2C1=O. The largest absolute Gasteiger partial charge is 0.481 e. The molecule has 21 heavy (non-hydrogen) atoms. The molecule has 0 fully saturated rings. The van der Waals surface area contributed by atoms with Crippen molar-refractivity contribution in [2.24, 2.45) is 0 Å². The Balaban J connectivity index is 2.06. The van der Waals surface area contributed by atoms with Crippen molar-refractivity contribution in [3.8, 4) is 0 Å². The van der Waals surface area contributed by atoms with Crippen molar-refractivity contribution in [2.45, 2.75) is 26.2 Å². The number of unbranched alkanes of at least 4 members (excludes halogenated alkanes) is 1. The van der Waals surface area contributed by atoms with Gasteiger partial charge in [-0.1, -0.05) is 24.3 Å². The molecular weight excluding hydrogens is 270 g/mol. The molecule has 5 nitrogen and oxygen atoms in total. The van der Waals surface area contributed by atoms with Crippen LogP contribution in [-0.2, 0) is 4.79 Å². The van der Waals surface area contributed by atoms with Gasteiger partial charge in [0.2, 0.25) is 5.78 Å². The van der Waals surface area contributed by atoms with E-state index in [9.17, 15) is 14.4 Å². The first-order chi connectivity index (χ1) is 10.0. The van der Waals surface area contributed by atoms with Crippen molar-refractivity contribution in [1.29, 1.82) is 0 Å². The van der Waals surface area contributed by atoms with Crippen LogP contribution in [0, 0.1) is 0 Å². The highest BCUT2D eigenvalue weighted by Crippen LogP contribution is 2.24. The second-order valence-electron chi connectivity index (χ2n) is 4.98. The van der Waals surface area contributed by atoms with E-state index in [1.54, 1.807) is 31.2 Å². The number of Topliss-reactive ketones (excluding diaryl/α,β-unsaturated/α-hetero) is 2. The third kappa shape index (κ3) is 3.18. The molecule has 0 spiro atoms. The Morgan fingerprint density at radius 3 is 2.33 bits per heavy atom. The first-order valence-electron chi connectivity index (χ1n) is 6.87. The summed E-state index contributed by atoms with van der Waals surface area (Å²) in [5, 5.41) is 11.5. The number of hydrogen-bond donors (Lipinski definition) is 2. The predicted octanol–water partition coefficient (Wildman–Crippen LogP) is 2.18. The minimum Gasteiger partial charge on any atom is -0.481 e. The van der Waals surface area contributed by atoms with Gasteiger partial charge in [-0.15, -0.1) is 0 Å². The molecule has 0 saturated heterocycles. The molecule has 110 valence electrons. The number of ketones is 2. The molecule has 0 radical (unpaired) electrons. The van der Waals surface area contributed by atoms with E-state index in [-0.39, 0.29) is 18.0 Å². The number of nitrogens with one attached hydrogen (secondary N) is 1. The van der Waals surface area contributed by atoms with Crippen molar-refractivity contribution in [2.75, 3.05) is 6.54 Å². The maximum atomic E-state index is 12.4. The molecule has 0 amide bonds. The summed E-state index contributed by atoms with van der Waals surface area (Å²) in [6.45, 7) is 2.11. The summed E-state index contributed by atoms with van der Waals surface area (Å²) in [5.41, 5.74) is 1.60. The lowest BCUT2D eigenvalue weighted by atomic mass is 9.88. The van der Waals surface area contributed by atoms with Gasteiger partial charge in [-0.3, -0.25) is 14.4 Å². The van der Waals surface area contributed by atoms with Gasteiger partial charge in [-0.2, -0.15) is 0 Å². The van der Waals surface area contributed by atoms with Gasteiger partial charge >= 0.3 is 5.97 Å². The van der Waals surface area contributed by atoms with Crippen LogP contribution in [0.4, 0.5) is 0 Å². The Hall–Kier alpha value is -2.43. The fourth-order valence-corrected chi connectivity index (χ4v) is 2.33. The maximum absolute atomic E-state index is 12.4. The molecule has 0 atom stereocenters. The van der Waals surface area contributed by atoms with E-state index in [2.05, 4.69) is 5.32 Å². The van der Waals surface area contributed by atoms with Crippen molar-refractivity contribution in [1.82, 2.24) is 5.32 Å². The van der Waals surface area contributed by atoms with E-state index in [0.717, 1.165) is 0 Å². The highest BCUT2D eigenvalue weighted by Gasteiger charge is 2.29. The van der Waals surface area contributed by atoms with Gasteiger partial charge < -0.3 is 10.4 Å². The first-order valence-corrected chi connectivity index (χ1v) is 6.87. The van der Waals surface area contributed by atoms with Gasteiger partial charge in [0.05, 0.1) is 5.70 Å². The molecule has 2 rings (SSSR count). The topological polar surface area (TPSA) is 83.5 Å². The minimum atomic E-state index is -0.830. The Labute approximate surface area is 122 Å². The van der Waals surface area contributed by atoms with Crippen LogP contribution < -0.4 is 5.32 Å². The summed E-state index contributed by atoms with van der Waals surface area (Å²) >= 11 is 0. The molecule has 0 saturated carbocycles. The van der Waals surface area contributed by atoms with E-state index >= 15 is 0 Å². The Bertz CT molecular complexity index is 631. The van der Waals surface area contributed by atoms with Crippen LogP contribution in [0.15, 0.2) is 35.5 Å². The van der Waals surface area contributed by atoms with Crippen molar-refractivity contribution < 1.29 is 19.5 Å². The molecule has 2 N–H and O–H groups in total. The quantitative estimate of drug-likeness (QED) is 0.783. The molecule has 0 heterocycles. The maximum Gasteiger partial charge on any atom is 0.303 e. The number of carbonyl (C=O) groups excluding carboxylic acids is 2. The molecule has 1 aliphatic rings. The van der Waals surface area contributed by atoms with Crippen LogP contribution >= 0.6 is 0 Å². The molecular formula is C16H17NO4. The molecule has 0 unspecified atom stereocenters. The molecule has 0 aliphatic heterocycles. The monoisotopic (exact) mass is 287 g/mol. The summed E-state index contributed by atoms with van der Waals surface area (Å²) in [6, 6.07) is 6.77. The third-order valence-corrected chi connectivity index (χ3v) is 3.48. The third-order valence-electron chi connectivity index (χ3n) is 3.48. The number of fused-ring (bicyclic) bond motifs is 1. The van der Waals surface area contributed by atoms with Crippen LogP contribution in [0.1, 0.15) is 46.9 Å². The van der Waals surface area contributed by atoms with Gasteiger partial charge in [-0.05, 0) is 19.8 Å². The fourth-order valence-electron chi connectivity index (χ4n) is 2.33. The van der Waals surface area contributed by atoms with Crippen LogP contribution in [0.3, 0.4) is 0 Å². The molecule has 0 aromatic heterocycles. The summed E-state index contributed by atoms with van der Waals surface area (Å²) in [4.78, 5) is 35.0. The highest BCUT2D eigenvalue weighted by atomic mass is 16.4. The summed E-state index contributed by atoms with van der Waals surface area (Å²) < 4.78 is 0. The average Bonchev–Trinajstić information content (AvgIpc) is 2.47. The zero-order valence-corrected chi connectivity index (χ0v) is 11.8. The summed E-state index contributed by atoms with van der Waals surface area (Å²) in [7, 11) is 0. The van der Waals surface area contributed by atoms with Gasteiger partial charge in [-0.25, -0.2) is 0 Å². The lowest BCUT2D eigenvalue weighted by Gasteiger charge is -2.20. The average molecular weight is 287 g/mol. The van der Waals surface area contributed by atoms with Crippen molar-refractivity contribution >= 4 is 17.5 Å². The smallest absolute Gasteiger partial charge is 0.303 e. The van der Waals surface area contributed by atoms with E-state index in [1.165, 1.54) is 0 Å². The number of carbonyl (C=O) groups is 3. The number of rotatable bonds is 6. The standard InChI is InChI=1S/C16H17NO4/c1-10-14(17-9-5-4-8-13(18)19)16(21)12-7-3-2-6-11(12)15(10)20/h2-3,6-7,17H,4-5,8-9H2,1H3,(H,18,19). The molecule has 1 aliphatic carbocycles. The number of carboxylic acids is 1. The van der Waals surface area contributed by atoms with E-state index in [1.807, 2.05) is 0 Å². The van der Waals surface area contributed by atoms with Crippen LogP contribution in [-0.4, -0.2) is 29.2 Å². The number of benzene rings is 1. The lowest BCUT2D eigenvalue weighted by molar-refractivity contribution is -0.137. The Morgan fingerprint density at radius 1 is 1.10 bits per heavy atom. The van der Waals surface area contributed by atoms with Crippen molar-refractivity contribution in [3.05, 3.63) is 46.7 Å². The second kappa shape index (κ2) is 6.35. The number of hydrogen-bond acceptors (Lipinski definition) is 4. The van der Waals surface area contributed by atoms with E-state index in [4.69, 9.17) is 5.11 Å². The highest BCUT2D eigenvalue weighted by molar-refractivity contribution is 6.26. The minimum absolute atomic E-state index is 0.107. The van der Waals surface area contributed by atoms with Gasteiger partial charge in [0.15, 0.2) is 5.78 Å². The lowest BCUT2D eigenvalue weighted by Crippen LogP contribution is -2.30. The van der Waals surface area contributed by atoms with Gasteiger partial charge in [0.25, 0.3) is 0 Å². The second-order valence-corrected chi connectivity index (χ2v) is 4.98. The summed E-state index contributed by atoms with van der Waals surface area (Å²) in [5.74, 6) is -1.15. The molecule has 0 bridgehead atoms. The van der Waals surface area contributed by atoms with E-state index < -0.39 is 5.97 Å². The Morgan fingerprint density at radius 2 is 1.71 bits per heavy atom.